The molecule has 1 rings (SSSR count). The van der Waals surface area contributed by atoms with Crippen LogP contribution in [0.3, 0.4) is 0 Å². The molecular weight excluding hydrogens is 136 g/mol. The number of rotatable bonds is 2. The van der Waals surface area contributed by atoms with E-state index >= 15 is 0 Å². The molecule has 0 aliphatic heterocycles. The number of nitrogens with one attached hydrogen (secondary N) is 1. The van der Waals surface area contributed by atoms with Crippen molar-refractivity contribution in [2.45, 2.75) is 0 Å². The summed E-state index contributed by atoms with van der Waals surface area (Å²) in [6.07, 6.45) is 2.96. The Bertz CT molecular complexity index is 290. The monoisotopic (exact) mass is 146 g/mol. The summed E-state index contributed by atoms with van der Waals surface area (Å²) in [5.41, 5.74) is 7.96. The van der Waals surface area contributed by atoms with E-state index in [1.807, 2.05) is 6.07 Å². The highest BCUT2D eigenvalue weighted by molar-refractivity contribution is 5.85. The predicted molar refractivity (Wildman–Crippen MR) is 48.8 cm³/mol. The SMILES string of the molecule is C=Cc1ccc(C=N)c(N)c1. The molecule has 0 aromatic heterocycles. The molecule has 0 fully saturated rings. The Morgan fingerprint density at radius 3 is 2.64 bits per heavy atom. The topological polar surface area (TPSA) is 49.9 Å². The lowest BCUT2D eigenvalue weighted by Crippen LogP contribution is -1.92. The van der Waals surface area contributed by atoms with E-state index in [4.69, 9.17) is 11.1 Å². The van der Waals surface area contributed by atoms with Crippen LogP contribution in [-0.4, -0.2) is 6.21 Å². The smallest absolute Gasteiger partial charge is 0.0408 e. The van der Waals surface area contributed by atoms with Gasteiger partial charge in [0.05, 0.1) is 0 Å². The first-order chi connectivity index (χ1) is 5.27. The molecule has 2 heteroatoms. The van der Waals surface area contributed by atoms with Gasteiger partial charge in [-0.1, -0.05) is 24.8 Å². The van der Waals surface area contributed by atoms with Gasteiger partial charge < -0.3 is 11.1 Å². The first-order valence-corrected chi connectivity index (χ1v) is 3.30. The maximum Gasteiger partial charge on any atom is 0.0408 e. The molecule has 2 nitrogen and oxygen atoms in total. The lowest BCUT2D eigenvalue weighted by atomic mass is 10.1. The van der Waals surface area contributed by atoms with E-state index in [1.54, 1.807) is 18.2 Å². The Morgan fingerprint density at radius 1 is 1.45 bits per heavy atom. The van der Waals surface area contributed by atoms with Crippen molar-refractivity contribution in [2.24, 2.45) is 0 Å². The van der Waals surface area contributed by atoms with Gasteiger partial charge in [0, 0.05) is 17.5 Å². The van der Waals surface area contributed by atoms with Crippen molar-refractivity contribution in [1.82, 2.24) is 0 Å². The average molecular weight is 146 g/mol. The number of nitrogens with two attached hydrogens (primary N) is 1. The summed E-state index contributed by atoms with van der Waals surface area (Å²) in [6.45, 7) is 3.61. The van der Waals surface area contributed by atoms with Gasteiger partial charge in [-0.05, 0) is 11.6 Å². The van der Waals surface area contributed by atoms with Crippen LogP contribution < -0.4 is 5.73 Å². The van der Waals surface area contributed by atoms with Crippen molar-refractivity contribution >= 4 is 18.0 Å². The van der Waals surface area contributed by atoms with Gasteiger partial charge in [0.1, 0.15) is 0 Å². The molecule has 0 aliphatic carbocycles. The van der Waals surface area contributed by atoms with Gasteiger partial charge in [0.15, 0.2) is 0 Å². The molecule has 0 aliphatic rings. The Kier molecular flexibility index (Phi) is 2.06. The highest BCUT2D eigenvalue weighted by atomic mass is 14.6. The van der Waals surface area contributed by atoms with Crippen LogP contribution in [-0.2, 0) is 0 Å². The van der Waals surface area contributed by atoms with Crippen molar-refractivity contribution in [3.63, 3.8) is 0 Å². The molecular formula is C9H10N2. The summed E-state index contributed by atoms with van der Waals surface area (Å²) in [4.78, 5) is 0. The highest BCUT2D eigenvalue weighted by Gasteiger charge is 1.94. The summed E-state index contributed by atoms with van der Waals surface area (Å²) >= 11 is 0. The van der Waals surface area contributed by atoms with Crippen molar-refractivity contribution in [3.05, 3.63) is 35.9 Å². The van der Waals surface area contributed by atoms with Crippen molar-refractivity contribution in [3.8, 4) is 0 Å². The minimum Gasteiger partial charge on any atom is -0.398 e. The molecule has 0 heterocycles. The van der Waals surface area contributed by atoms with E-state index in [-0.39, 0.29) is 0 Å². The van der Waals surface area contributed by atoms with Gasteiger partial charge in [-0.2, -0.15) is 0 Å². The summed E-state index contributed by atoms with van der Waals surface area (Å²) in [5.74, 6) is 0. The molecule has 0 saturated heterocycles. The maximum atomic E-state index is 6.98. The Hall–Kier alpha value is -1.57. The van der Waals surface area contributed by atoms with Crippen LogP contribution in [0.4, 0.5) is 5.69 Å². The van der Waals surface area contributed by atoms with E-state index in [1.165, 1.54) is 6.21 Å². The van der Waals surface area contributed by atoms with Gasteiger partial charge in [-0.3, -0.25) is 0 Å². The number of hydrogen-bond donors (Lipinski definition) is 2. The molecule has 0 spiro atoms. The normalized spacial score (nSPS) is 9.09. The van der Waals surface area contributed by atoms with E-state index < -0.39 is 0 Å². The van der Waals surface area contributed by atoms with Crippen molar-refractivity contribution in [2.75, 3.05) is 5.73 Å². The van der Waals surface area contributed by atoms with Gasteiger partial charge >= 0.3 is 0 Å². The summed E-state index contributed by atoms with van der Waals surface area (Å²) < 4.78 is 0. The van der Waals surface area contributed by atoms with E-state index in [0.29, 0.717) is 5.69 Å². The molecule has 3 N–H and O–H groups in total. The highest BCUT2D eigenvalue weighted by Crippen LogP contribution is 2.12. The molecule has 0 saturated carbocycles. The first-order valence-electron chi connectivity index (χ1n) is 3.30. The van der Waals surface area contributed by atoms with Crippen molar-refractivity contribution < 1.29 is 0 Å². The van der Waals surface area contributed by atoms with Crippen LogP contribution in [0.25, 0.3) is 6.08 Å². The standard InChI is InChI=1S/C9H10N2/c1-2-7-3-4-8(6-10)9(11)5-7/h2-6,10H,1,11H2. The molecule has 0 bridgehead atoms. The van der Waals surface area contributed by atoms with Crippen LogP contribution in [0.15, 0.2) is 24.8 Å². The van der Waals surface area contributed by atoms with Crippen LogP contribution >= 0.6 is 0 Å². The molecule has 11 heavy (non-hydrogen) atoms. The lowest BCUT2D eigenvalue weighted by Gasteiger charge is -1.99. The van der Waals surface area contributed by atoms with Gasteiger partial charge in [-0.25, -0.2) is 0 Å². The largest absolute Gasteiger partial charge is 0.398 e. The van der Waals surface area contributed by atoms with Crippen LogP contribution in [0.5, 0.6) is 0 Å². The fourth-order valence-electron chi connectivity index (χ4n) is 0.852. The Labute approximate surface area is 65.9 Å². The minimum absolute atomic E-state index is 0.623. The second-order valence-electron chi connectivity index (χ2n) is 2.24. The fourth-order valence-corrected chi connectivity index (χ4v) is 0.852. The molecule has 0 amide bonds. The second-order valence-corrected chi connectivity index (χ2v) is 2.24. The number of nitrogen functional groups attached to an aromatic ring is 1. The van der Waals surface area contributed by atoms with Gasteiger partial charge in [-0.15, -0.1) is 0 Å². The maximum absolute atomic E-state index is 6.98. The zero-order chi connectivity index (χ0) is 8.27. The third kappa shape index (κ3) is 1.46. The molecule has 1 aromatic rings. The average Bonchev–Trinajstić information content (AvgIpc) is 2.04. The Balaban J connectivity index is 3.18. The van der Waals surface area contributed by atoms with E-state index in [0.717, 1.165) is 11.1 Å². The van der Waals surface area contributed by atoms with Crippen LogP contribution in [0.2, 0.25) is 0 Å². The van der Waals surface area contributed by atoms with Gasteiger partial charge in [0.25, 0.3) is 0 Å². The molecule has 1 aromatic carbocycles. The van der Waals surface area contributed by atoms with Crippen LogP contribution in [0.1, 0.15) is 11.1 Å². The summed E-state index contributed by atoms with van der Waals surface area (Å²) in [7, 11) is 0. The molecule has 0 radical (unpaired) electrons. The molecule has 0 atom stereocenters. The lowest BCUT2D eigenvalue weighted by molar-refractivity contribution is 1.53. The third-order valence-corrected chi connectivity index (χ3v) is 1.50. The predicted octanol–water partition coefficient (Wildman–Crippen LogP) is 1.91. The van der Waals surface area contributed by atoms with E-state index in [2.05, 4.69) is 6.58 Å². The second kappa shape index (κ2) is 3.01. The van der Waals surface area contributed by atoms with E-state index in [9.17, 15) is 0 Å². The number of anilines is 1. The number of benzene rings is 1. The Morgan fingerprint density at radius 2 is 2.18 bits per heavy atom. The first kappa shape index (κ1) is 7.54. The minimum atomic E-state index is 0.623. The van der Waals surface area contributed by atoms with Crippen LogP contribution in [0, 0.1) is 5.41 Å². The third-order valence-electron chi connectivity index (χ3n) is 1.50. The molecule has 0 unspecified atom stereocenters. The summed E-state index contributed by atoms with van der Waals surface area (Å²) in [6, 6.07) is 5.48. The fraction of sp³-hybridized carbons (Fsp3) is 0. The quantitative estimate of drug-likeness (QED) is 0.486. The molecule has 56 valence electrons. The van der Waals surface area contributed by atoms with Crippen molar-refractivity contribution in [1.29, 1.82) is 5.41 Å². The summed E-state index contributed by atoms with van der Waals surface area (Å²) in [5, 5.41) is 6.98. The van der Waals surface area contributed by atoms with Gasteiger partial charge in [0.2, 0.25) is 0 Å². The number of hydrogen-bond acceptors (Lipinski definition) is 2. The zero-order valence-corrected chi connectivity index (χ0v) is 6.17. The zero-order valence-electron chi connectivity index (χ0n) is 6.17.